The lowest BCUT2D eigenvalue weighted by Gasteiger charge is -2.11. The van der Waals surface area contributed by atoms with Gasteiger partial charge in [0.1, 0.15) is 6.04 Å². The van der Waals surface area contributed by atoms with Crippen LogP contribution in [0, 0.1) is 0 Å². The van der Waals surface area contributed by atoms with Crippen molar-refractivity contribution >= 4 is 33.7 Å². The van der Waals surface area contributed by atoms with Crippen molar-refractivity contribution < 1.29 is 14.4 Å². The highest BCUT2D eigenvalue weighted by atomic mass is 79.9. The number of carbonyl (C=O) groups is 3. The molecule has 1 aliphatic rings. The van der Waals surface area contributed by atoms with Crippen LogP contribution in [0.15, 0.2) is 28.7 Å². The SMILES string of the molecule is CN1C(=O)CC(NC(=O)c2ccc(Br)cc2)C1=O. The third-order valence-electron chi connectivity index (χ3n) is 2.79. The van der Waals surface area contributed by atoms with E-state index in [1.165, 1.54) is 7.05 Å². The smallest absolute Gasteiger partial charge is 0.252 e. The van der Waals surface area contributed by atoms with Gasteiger partial charge in [0, 0.05) is 17.1 Å². The Bertz CT molecular complexity index is 513. The summed E-state index contributed by atoms with van der Waals surface area (Å²) in [5, 5.41) is 2.56. The van der Waals surface area contributed by atoms with E-state index in [0.29, 0.717) is 5.56 Å². The van der Waals surface area contributed by atoms with Gasteiger partial charge in [0.05, 0.1) is 6.42 Å². The van der Waals surface area contributed by atoms with Crippen LogP contribution in [-0.2, 0) is 9.59 Å². The average Bonchev–Trinajstić information content (AvgIpc) is 2.58. The molecule has 18 heavy (non-hydrogen) atoms. The second-order valence-corrected chi connectivity index (χ2v) is 4.94. The van der Waals surface area contributed by atoms with Crippen molar-refractivity contribution in [2.75, 3.05) is 7.05 Å². The highest BCUT2D eigenvalue weighted by Gasteiger charge is 2.36. The molecular weight excluding hydrogens is 300 g/mol. The van der Waals surface area contributed by atoms with E-state index in [9.17, 15) is 14.4 Å². The van der Waals surface area contributed by atoms with Gasteiger partial charge in [-0.2, -0.15) is 0 Å². The summed E-state index contributed by atoms with van der Waals surface area (Å²) in [5.74, 6) is -1.00. The minimum atomic E-state index is -0.751. The van der Waals surface area contributed by atoms with Crippen molar-refractivity contribution in [2.45, 2.75) is 12.5 Å². The quantitative estimate of drug-likeness (QED) is 0.827. The van der Waals surface area contributed by atoms with E-state index in [-0.39, 0.29) is 24.1 Å². The lowest BCUT2D eigenvalue weighted by atomic mass is 10.2. The van der Waals surface area contributed by atoms with Crippen LogP contribution in [0.4, 0.5) is 0 Å². The Morgan fingerprint density at radius 3 is 2.44 bits per heavy atom. The van der Waals surface area contributed by atoms with Crippen LogP contribution in [0.25, 0.3) is 0 Å². The Balaban J connectivity index is 2.06. The number of imide groups is 1. The number of carbonyl (C=O) groups excluding carboxylic acids is 3. The summed E-state index contributed by atoms with van der Waals surface area (Å²) in [6.45, 7) is 0. The lowest BCUT2D eigenvalue weighted by molar-refractivity contribution is -0.137. The number of nitrogens with zero attached hydrogens (tertiary/aromatic N) is 1. The minimum Gasteiger partial charge on any atom is -0.340 e. The van der Waals surface area contributed by atoms with Crippen LogP contribution in [-0.4, -0.2) is 35.7 Å². The molecule has 94 valence electrons. The van der Waals surface area contributed by atoms with Crippen molar-refractivity contribution in [3.63, 3.8) is 0 Å². The zero-order valence-corrected chi connectivity index (χ0v) is 11.2. The Morgan fingerprint density at radius 2 is 1.94 bits per heavy atom. The van der Waals surface area contributed by atoms with Crippen LogP contribution < -0.4 is 5.32 Å². The van der Waals surface area contributed by atoms with E-state index in [0.717, 1.165) is 9.37 Å². The number of hydrogen-bond donors (Lipinski definition) is 1. The standard InChI is InChI=1S/C12H11BrN2O3/c1-15-10(16)6-9(12(15)18)14-11(17)7-2-4-8(13)5-3-7/h2-5,9H,6H2,1H3,(H,14,17). The van der Waals surface area contributed by atoms with Gasteiger partial charge in [-0.15, -0.1) is 0 Å². The molecule has 0 bridgehead atoms. The molecule has 1 saturated heterocycles. The lowest BCUT2D eigenvalue weighted by Crippen LogP contribution is -2.40. The van der Waals surface area contributed by atoms with Crippen LogP contribution in [0.5, 0.6) is 0 Å². The van der Waals surface area contributed by atoms with Crippen molar-refractivity contribution in [2.24, 2.45) is 0 Å². The predicted molar refractivity (Wildman–Crippen MR) is 67.8 cm³/mol. The molecule has 6 heteroatoms. The van der Waals surface area contributed by atoms with Crippen LogP contribution in [0.2, 0.25) is 0 Å². The second kappa shape index (κ2) is 4.89. The molecule has 1 atom stereocenters. The molecule has 0 radical (unpaired) electrons. The van der Waals surface area contributed by atoms with Crippen LogP contribution in [0.1, 0.15) is 16.8 Å². The van der Waals surface area contributed by atoms with Gasteiger partial charge in [-0.05, 0) is 24.3 Å². The zero-order chi connectivity index (χ0) is 13.3. The zero-order valence-electron chi connectivity index (χ0n) is 9.64. The first-order valence-corrected chi connectivity index (χ1v) is 6.15. The third kappa shape index (κ3) is 2.43. The molecule has 3 amide bonds. The molecule has 1 aliphatic heterocycles. The van der Waals surface area contributed by atoms with Gasteiger partial charge < -0.3 is 5.32 Å². The molecule has 1 aromatic carbocycles. The molecule has 1 aromatic rings. The average molecular weight is 311 g/mol. The summed E-state index contributed by atoms with van der Waals surface area (Å²) in [7, 11) is 1.41. The van der Waals surface area contributed by atoms with Crippen molar-refractivity contribution in [3.05, 3.63) is 34.3 Å². The Morgan fingerprint density at radius 1 is 1.33 bits per heavy atom. The maximum Gasteiger partial charge on any atom is 0.252 e. The fourth-order valence-corrected chi connectivity index (χ4v) is 1.98. The Kier molecular flexibility index (Phi) is 3.47. The van der Waals surface area contributed by atoms with Gasteiger partial charge in [-0.1, -0.05) is 15.9 Å². The molecule has 5 nitrogen and oxygen atoms in total. The maximum atomic E-state index is 11.9. The third-order valence-corrected chi connectivity index (χ3v) is 3.32. The van der Waals surface area contributed by atoms with E-state index in [1.807, 2.05) is 0 Å². The highest BCUT2D eigenvalue weighted by molar-refractivity contribution is 9.10. The molecule has 2 rings (SSSR count). The van der Waals surface area contributed by atoms with Gasteiger partial charge in [0.25, 0.3) is 11.8 Å². The van der Waals surface area contributed by atoms with E-state index < -0.39 is 6.04 Å². The van der Waals surface area contributed by atoms with Gasteiger partial charge in [0.15, 0.2) is 0 Å². The minimum absolute atomic E-state index is 0.0254. The summed E-state index contributed by atoms with van der Waals surface area (Å²) < 4.78 is 0.867. The number of amides is 3. The largest absolute Gasteiger partial charge is 0.340 e. The molecule has 0 spiro atoms. The van der Waals surface area contributed by atoms with Crippen LogP contribution >= 0.6 is 15.9 Å². The number of likely N-dealkylation sites (N-methyl/N-ethyl adjacent to an activating group) is 1. The molecule has 0 aliphatic carbocycles. The number of halogens is 1. The molecule has 0 aromatic heterocycles. The fourth-order valence-electron chi connectivity index (χ4n) is 1.71. The van der Waals surface area contributed by atoms with E-state index >= 15 is 0 Å². The monoisotopic (exact) mass is 310 g/mol. The summed E-state index contributed by atoms with van der Waals surface area (Å²) in [5.41, 5.74) is 0.452. The van der Waals surface area contributed by atoms with Crippen LogP contribution in [0.3, 0.4) is 0 Å². The summed E-state index contributed by atoms with van der Waals surface area (Å²) in [6, 6.07) is 6.01. The normalized spacial score (nSPS) is 19.2. The first kappa shape index (κ1) is 12.8. The predicted octanol–water partition coefficient (Wildman–Crippen LogP) is 0.936. The fraction of sp³-hybridized carbons (Fsp3) is 0.250. The molecule has 0 saturated carbocycles. The Hall–Kier alpha value is -1.69. The second-order valence-electron chi connectivity index (χ2n) is 4.03. The van der Waals surface area contributed by atoms with E-state index in [1.54, 1.807) is 24.3 Å². The number of likely N-dealkylation sites (tertiary alicyclic amines) is 1. The van der Waals surface area contributed by atoms with Crippen molar-refractivity contribution in [3.8, 4) is 0 Å². The van der Waals surface area contributed by atoms with E-state index in [4.69, 9.17) is 0 Å². The molecule has 1 heterocycles. The number of rotatable bonds is 2. The molecular formula is C12H11BrN2O3. The number of hydrogen-bond acceptors (Lipinski definition) is 3. The topological polar surface area (TPSA) is 66.5 Å². The van der Waals surface area contributed by atoms with Gasteiger partial charge in [-0.3, -0.25) is 19.3 Å². The number of nitrogens with one attached hydrogen (secondary N) is 1. The first-order chi connectivity index (χ1) is 8.49. The maximum absolute atomic E-state index is 11.9. The summed E-state index contributed by atoms with van der Waals surface area (Å²) in [4.78, 5) is 35.8. The van der Waals surface area contributed by atoms with Crippen molar-refractivity contribution in [1.82, 2.24) is 10.2 Å². The molecule has 1 unspecified atom stereocenters. The van der Waals surface area contributed by atoms with E-state index in [2.05, 4.69) is 21.2 Å². The highest BCUT2D eigenvalue weighted by Crippen LogP contribution is 2.13. The van der Waals surface area contributed by atoms with Crippen molar-refractivity contribution in [1.29, 1.82) is 0 Å². The first-order valence-electron chi connectivity index (χ1n) is 5.36. The number of benzene rings is 1. The van der Waals surface area contributed by atoms with Gasteiger partial charge >= 0.3 is 0 Å². The summed E-state index contributed by atoms with van der Waals surface area (Å²) >= 11 is 3.27. The van der Waals surface area contributed by atoms with Gasteiger partial charge in [-0.25, -0.2) is 0 Å². The summed E-state index contributed by atoms with van der Waals surface area (Å²) in [6.07, 6.45) is 0.0254. The molecule has 1 N–H and O–H groups in total. The Labute approximate surface area is 112 Å². The van der Waals surface area contributed by atoms with Gasteiger partial charge in [0.2, 0.25) is 5.91 Å². The molecule has 1 fully saturated rings.